The van der Waals surface area contributed by atoms with Crippen molar-refractivity contribution in [2.45, 2.75) is 24.7 Å². The fourth-order valence-corrected chi connectivity index (χ4v) is 2.55. The number of cyclic esters (lactones) is 2. The lowest BCUT2D eigenvalue weighted by Gasteiger charge is -2.40. The second-order valence-electron chi connectivity index (χ2n) is 4.09. The summed E-state index contributed by atoms with van der Waals surface area (Å²) < 4.78 is 4.51. The molecule has 1 aliphatic heterocycles. The molecule has 3 nitrogen and oxygen atoms in total. The van der Waals surface area contributed by atoms with E-state index in [-0.39, 0.29) is 11.9 Å². The molecule has 1 spiro atoms. The Morgan fingerprint density at radius 1 is 1.13 bits per heavy atom. The Morgan fingerprint density at radius 2 is 1.87 bits per heavy atom. The molecule has 1 aliphatic carbocycles. The maximum Gasteiger partial charge on any atom is 0.335 e. The lowest BCUT2D eigenvalue weighted by Crippen LogP contribution is -2.58. The molecular weight excluding hydrogens is 192 g/mol. The van der Waals surface area contributed by atoms with Gasteiger partial charge in [-0.25, -0.2) is 9.59 Å². The molecule has 0 atom stereocenters. The van der Waals surface area contributed by atoms with Gasteiger partial charge in [0.05, 0.1) is 0 Å². The number of aryl methyl sites for hydroxylation is 1. The van der Waals surface area contributed by atoms with Gasteiger partial charge in [0.25, 0.3) is 0 Å². The standard InChI is InChI=1S/C12H10O3/c13-10-12(11(14)15-10)7-3-5-8-4-1-2-6-9(8)12/h1-2,4,6H,3,5,7H2. The summed E-state index contributed by atoms with van der Waals surface area (Å²) in [4.78, 5) is 23.1. The summed E-state index contributed by atoms with van der Waals surface area (Å²) >= 11 is 0. The van der Waals surface area contributed by atoms with E-state index in [1.54, 1.807) is 0 Å². The first-order valence-corrected chi connectivity index (χ1v) is 5.10. The number of ether oxygens (including phenoxy) is 1. The molecule has 3 heteroatoms. The van der Waals surface area contributed by atoms with E-state index in [4.69, 9.17) is 0 Å². The third-order valence-electron chi connectivity index (χ3n) is 3.36. The zero-order valence-electron chi connectivity index (χ0n) is 8.16. The lowest BCUT2D eigenvalue weighted by atomic mass is 9.67. The van der Waals surface area contributed by atoms with Crippen LogP contribution in [0.25, 0.3) is 0 Å². The lowest BCUT2D eigenvalue weighted by molar-refractivity contribution is -0.189. The van der Waals surface area contributed by atoms with Crippen LogP contribution in [-0.4, -0.2) is 11.9 Å². The van der Waals surface area contributed by atoms with Crippen LogP contribution in [0.1, 0.15) is 24.0 Å². The van der Waals surface area contributed by atoms with Gasteiger partial charge in [0.15, 0.2) is 5.41 Å². The quantitative estimate of drug-likeness (QED) is 0.471. The Kier molecular flexibility index (Phi) is 1.55. The minimum Gasteiger partial charge on any atom is -0.391 e. The van der Waals surface area contributed by atoms with E-state index in [9.17, 15) is 9.59 Å². The second-order valence-corrected chi connectivity index (χ2v) is 4.09. The Hall–Kier alpha value is -1.64. The number of esters is 2. The number of fused-ring (bicyclic) bond motifs is 2. The fraction of sp³-hybridized carbons (Fsp3) is 0.333. The van der Waals surface area contributed by atoms with Gasteiger partial charge in [-0.15, -0.1) is 0 Å². The van der Waals surface area contributed by atoms with Gasteiger partial charge in [0.2, 0.25) is 0 Å². The van der Waals surface area contributed by atoms with Crippen LogP contribution in [0.15, 0.2) is 24.3 Å². The maximum atomic E-state index is 11.5. The molecule has 0 amide bonds. The molecule has 15 heavy (non-hydrogen) atoms. The Labute approximate surface area is 87.0 Å². The summed E-state index contributed by atoms with van der Waals surface area (Å²) in [6.45, 7) is 0. The smallest absolute Gasteiger partial charge is 0.335 e. The van der Waals surface area contributed by atoms with Crippen molar-refractivity contribution in [3.8, 4) is 0 Å². The summed E-state index contributed by atoms with van der Waals surface area (Å²) in [5.41, 5.74) is 1.01. The molecule has 1 aromatic carbocycles. The van der Waals surface area contributed by atoms with Crippen molar-refractivity contribution < 1.29 is 14.3 Å². The van der Waals surface area contributed by atoms with Crippen molar-refractivity contribution in [2.24, 2.45) is 0 Å². The molecule has 0 unspecified atom stereocenters. The summed E-state index contributed by atoms with van der Waals surface area (Å²) in [5, 5.41) is 0. The first-order chi connectivity index (χ1) is 7.25. The van der Waals surface area contributed by atoms with Crippen LogP contribution < -0.4 is 0 Å². The predicted molar refractivity (Wildman–Crippen MR) is 52.2 cm³/mol. The largest absolute Gasteiger partial charge is 0.391 e. The van der Waals surface area contributed by atoms with Crippen LogP contribution in [0.2, 0.25) is 0 Å². The third-order valence-corrected chi connectivity index (χ3v) is 3.36. The zero-order valence-corrected chi connectivity index (χ0v) is 8.16. The van der Waals surface area contributed by atoms with E-state index in [0.717, 1.165) is 24.0 Å². The monoisotopic (exact) mass is 202 g/mol. The van der Waals surface area contributed by atoms with Gasteiger partial charge in [-0.05, 0) is 30.4 Å². The Balaban J connectivity index is 2.21. The van der Waals surface area contributed by atoms with Gasteiger partial charge in [-0.1, -0.05) is 24.3 Å². The van der Waals surface area contributed by atoms with Crippen LogP contribution >= 0.6 is 0 Å². The first-order valence-electron chi connectivity index (χ1n) is 5.10. The molecule has 0 radical (unpaired) electrons. The van der Waals surface area contributed by atoms with Crippen molar-refractivity contribution in [2.75, 3.05) is 0 Å². The highest BCUT2D eigenvalue weighted by Crippen LogP contribution is 2.44. The third kappa shape index (κ3) is 0.902. The molecule has 0 saturated carbocycles. The summed E-state index contributed by atoms with van der Waals surface area (Å²) in [6.07, 6.45) is 2.41. The number of hydrogen-bond acceptors (Lipinski definition) is 3. The van der Waals surface area contributed by atoms with Crippen molar-refractivity contribution >= 4 is 11.9 Å². The van der Waals surface area contributed by atoms with Gasteiger partial charge in [-0.3, -0.25) is 0 Å². The van der Waals surface area contributed by atoms with E-state index >= 15 is 0 Å². The van der Waals surface area contributed by atoms with E-state index in [1.165, 1.54) is 0 Å². The average Bonchev–Trinajstić information content (AvgIpc) is 2.28. The number of hydrogen-bond donors (Lipinski definition) is 0. The van der Waals surface area contributed by atoms with Gasteiger partial charge in [0, 0.05) is 0 Å². The second kappa shape index (κ2) is 2.69. The molecule has 1 heterocycles. The fourth-order valence-electron chi connectivity index (χ4n) is 2.55. The molecule has 1 fully saturated rings. The highest BCUT2D eigenvalue weighted by atomic mass is 16.6. The molecule has 0 N–H and O–H groups in total. The molecule has 3 rings (SSSR count). The highest BCUT2D eigenvalue weighted by Gasteiger charge is 2.61. The summed E-state index contributed by atoms with van der Waals surface area (Å²) in [7, 11) is 0. The van der Waals surface area contributed by atoms with Crippen LogP contribution in [0.4, 0.5) is 0 Å². The molecular formula is C12H10O3. The van der Waals surface area contributed by atoms with Gasteiger partial charge in [-0.2, -0.15) is 0 Å². The van der Waals surface area contributed by atoms with E-state index < -0.39 is 5.41 Å². The predicted octanol–water partition coefficient (Wildman–Crippen LogP) is 1.34. The molecule has 0 aromatic heterocycles. The van der Waals surface area contributed by atoms with Crippen molar-refractivity contribution in [1.29, 1.82) is 0 Å². The highest BCUT2D eigenvalue weighted by molar-refractivity contribution is 6.19. The summed E-state index contributed by atoms with van der Waals surface area (Å²) in [6, 6.07) is 7.65. The van der Waals surface area contributed by atoms with E-state index in [2.05, 4.69) is 4.74 Å². The van der Waals surface area contributed by atoms with Crippen LogP contribution in [0.5, 0.6) is 0 Å². The minimum absolute atomic E-state index is 0.375. The number of rotatable bonds is 0. The van der Waals surface area contributed by atoms with Crippen LogP contribution in [-0.2, 0) is 26.2 Å². The molecule has 1 saturated heterocycles. The van der Waals surface area contributed by atoms with Crippen LogP contribution in [0, 0.1) is 0 Å². The maximum absolute atomic E-state index is 11.5. The summed E-state index contributed by atoms with van der Waals surface area (Å²) in [5.74, 6) is -0.751. The van der Waals surface area contributed by atoms with Gasteiger partial charge in [0.1, 0.15) is 0 Å². The first kappa shape index (κ1) is 8.65. The van der Waals surface area contributed by atoms with Gasteiger partial charge >= 0.3 is 11.9 Å². The number of carbonyl (C=O) groups excluding carboxylic acids is 2. The normalized spacial score (nSPS) is 21.9. The molecule has 2 aliphatic rings. The van der Waals surface area contributed by atoms with Gasteiger partial charge < -0.3 is 4.74 Å². The minimum atomic E-state index is -0.950. The Bertz CT molecular complexity index is 448. The van der Waals surface area contributed by atoms with E-state index in [1.807, 2.05) is 24.3 Å². The molecule has 0 bridgehead atoms. The average molecular weight is 202 g/mol. The van der Waals surface area contributed by atoms with E-state index in [0.29, 0.717) is 6.42 Å². The molecule has 76 valence electrons. The zero-order chi connectivity index (χ0) is 10.5. The van der Waals surface area contributed by atoms with Crippen molar-refractivity contribution in [3.63, 3.8) is 0 Å². The number of benzene rings is 1. The molecule has 1 aromatic rings. The topological polar surface area (TPSA) is 43.4 Å². The SMILES string of the molecule is O=C1OC(=O)C12CCCc1ccccc12. The number of carbonyl (C=O) groups is 2. The van der Waals surface area contributed by atoms with Crippen LogP contribution in [0.3, 0.4) is 0 Å². The Morgan fingerprint density at radius 3 is 2.60 bits per heavy atom. The van der Waals surface area contributed by atoms with Crippen molar-refractivity contribution in [1.82, 2.24) is 0 Å². The van der Waals surface area contributed by atoms with Crippen molar-refractivity contribution in [3.05, 3.63) is 35.4 Å².